The van der Waals surface area contributed by atoms with Crippen molar-refractivity contribution >= 4 is 29.0 Å². The summed E-state index contributed by atoms with van der Waals surface area (Å²) in [5.74, 6) is 1.09. The van der Waals surface area contributed by atoms with Crippen molar-refractivity contribution in [1.29, 1.82) is 0 Å². The van der Waals surface area contributed by atoms with Crippen molar-refractivity contribution in [3.05, 3.63) is 63.6 Å². The number of para-hydroxylation sites is 1. The van der Waals surface area contributed by atoms with Crippen LogP contribution in [-0.2, 0) is 6.42 Å². The number of rotatable bonds is 2. The predicted molar refractivity (Wildman–Crippen MR) is 105 cm³/mol. The molecule has 0 fully saturated rings. The molecule has 2 heterocycles. The fourth-order valence-corrected chi connectivity index (χ4v) is 3.65. The minimum Gasteiger partial charge on any atom is -0.370 e. The van der Waals surface area contributed by atoms with Gasteiger partial charge in [0.2, 0.25) is 0 Å². The van der Waals surface area contributed by atoms with Gasteiger partial charge in [-0.1, -0.05) is 47.5 Å². The fourth-order valence-electron chi connectivity index (χ4n) is 3.35. The zero-order valence-corrected chi connectivity index (χ0v) is 15.5. The lowest BCUT2D eigenvalue weighted by atomic mass is 10.0. The molecule has 0 atom stereocenters. The average Bonchev–Trinajstić information content (AvgIpc) is 2.79. The van der Waals surface area contributed by atoms with Gasteiger partial charge in [-0.2, -0.15) is 5.10 Å². The molecule has 0 radical (unpaired) electrons. The SMILES string of the molecule is Cc1ccccc1-n1nc(-c2ccc(Cl)c(Cl)c2)c2c1NCCCC2. The van der Waals surface area contributed by atoms with Crippen molar-refractivity contribution in [2.75, 3.05) is 11.9 Å². The number of aromatic nitrogens is 2. The van der Waals surface area contributed by atoms with Gasteiger partial charge in [0, 0.05) is 17.7 Å². The average molecular weight is 372 g/mol. The quantitative estimate of drug-likeness (QED) is 0.607. The molecular weight excluding hydrogens is 353 g/mol. The number of hydrogen-bond acceptors (Lipinski definition) is 2. The van der Waals surface area contributed by atoms with Crippen LogP contribution in [0.4, 0.5) is 5.82 Å². The maximum Gasteiger partial charge on any atom is 0.133 e. The summed E-state index contributed by atoms with van der Waals surface area (Å²) in [6.07, 6.45) is 3.31. The third-order valence-corrected chi connectivity index (χ3v) is 5.41. The summed E-state index contributed by atoms with van der Waals surface area (Å²) in [7, 11) is 0. The van der Waals surface area contributed by atoms with Crippen molar-refractivity contribution in [1.82, 2.24) is 9.78 Å². The molecule has 2 aromatic carbocycles. The molecule has 0 amide bonds. The van der Waals surface area contributed by atoms with E-state index in [1.54, 1.807) is 0 Å². The molecule has 0 unspecified atom stereocenters. The highest BCUT2D eigenvalue weighted by Gasteiger charge is 2.22. The van der Waals surface area contributed by atoms with Crippen LogP contribution in [0.25, 0.3) is 16.9 Å². The topological polar surface area (TPSA) is 29.9 Å². The molecule has 0 saturated carbocycles. The Labute approximate surface area is 157 Å². The van der Waals surface area contributed by atoms with E-state index in [1.165, 1.54) is 11.1 Å². The normalized spacial score (nSPS) is 13.9. The van der Waals surface area contributed by atoms with Gasteiger partial charge < -0.3 is 5.32 Å². The summed E-state index contributed by atoms with van der Waals surface area (Å²) in [6, 6.07) is 14.0. The predicted octanol–water partition coefficient (Wildman–Crippen LogP) is 5.90. The second-order valence-electron chi connectivity index (χ2n) is 6.39. The molecule has 5 heteroatoms. The first-order chi connectivity index (χ1) is 12.1. The fraction of sp³-hybridized carbons (Fsp3) is 0.250. The van der Waals surface area contributed by atoms with Crippen LogP contribution in [0, 0.1) is 6.92 Å². The Bertz CT molecular complexity index is 931. The van der Waals surface area contributed by atoms with Crippen molar-refractivity contribution in [3.63, 3.8) is 0 Å². The number of halogens is 2. The molecule has 1 aliphatic rings. The number of aryl methyl sites for hydroxylation is 1. The number of nitrogens with zero attached hydrogens (tertiary/aromatic N) is 2. The summed E-state index contributed by atoms with van der Waals surface area (Å²) < 4.78 is 2.04. The van der Waals surface area contributed by atoms with E-state index in [4.69, 9.17) is 28.3 Å². The molecule has 128 valence electrons. The van der Waals surface area contributed by atoms with E-state index >= 15 is 0 Å². The van der Waals surface area contributed by atoms with E-state index in [0.717, 1.165) is 48.6 Å². The van der Waals surface area contributed by atoms with Gasteiger partial charge in [0.15, 0.2) is 0 Å². The molecule has 3 nitrogen and oxygen atoms in total. The lowest BCUT2D eigenvalue weighted by Gasteiger charge is -2.11. The molecule has 0 bridgehead atoms. The minimum atomic E-state index is 0.555. The Morgan fingerprint density at radius 2 is 1.88 bits per heavy atom. The highest BCUT2D eigenvalue weighted by Crippen LogP contribution is 2.36. The third kappa shape index (κ3) is 3.03. The summed E-state index contributed by atoms with van der Waals surface area (Å²) >= 11 is 12.3. The van der Waals surface area contributed by atoms with Crippen LogP contribution in [0.1, 0.15) is 24.0 Å². The minimum absolute atomic E-state index is 0.555. The lowest BCUT2D eigenvalue weighted by molar-refractivity contribution is 0.779. The van der Waals surface area contributed by atoms with Crippen molar-refractivity contribution in [3.8, 4) is 16.9 Å². The van der Waals surface area contributed by atoms with Crippen LogP contribution in [-0.4, -0.2) is 16.3 Å². The molecule has 1 aromatic heterocycles. The first kappa shape index (κ1) is 16.5. The molecule has 4 rings (SSSR count). The van der Waals surface area contributed by atoms with Crippen LogP contribution < -0.4 is 5.32 Å². The Morgan fingerprint density at radius 3 is 2.68 bits per heavy atom. The molecule has 1 N–H and O–H groups in total. The van der Waals surface area contributed by atoms with E-state index in [2.05, 4.69) is 24.4 Å². The molecule has 0 spiro atoms. The van der Waals surface area contributed by atoms with E-state index in [-0.39, 0.29) is 0 Å². The van der Waals surface area contributed by atoms with Crippen molar-refractivity contribution < 1.29 is 0 Å². The van der Waals surface area contributed by atoms with Gasteiger partial charge in [-0.25, -0.2) is 4.68 Å². The summed E-state index contributed by atoms with van der Waals surface area (Å²) in [5.41, 5.74) is 5.52. The highest BCUT2D eigenvalue weighted by atomic mass is 35.5. The van der Waals surface area contributed by atoms with Crippen LogP contribution in [0.3, 0.4) is 0 Å². The second-order valence-corrected chi connectivity index (χ2v) is 7.20. The number of fused-ring (bicyclic) bond motifs is 1. The molecule has 0 aliphatic carbocycles. The maximum atomic E-state index is 6.25. The summed E-state index contributed by atoms with van der Waals surface area (Å²) in [6.45, 7) is 3.07. The van der Waals surface area contributed by atoms with Gasteiger partial charge in [0.25, 0.3) is 0 Å². The van der Waals surface area contributed by atoms with E-state index in [0.29, 0.717) is 10.0 Å². The molecular formula is C20H19Cl2N3. The first-order valence-electron chi connectivity index (χ1n) is 8.52. The third-order valence-electron chi connectivity index (χ3n) is 4.67. The van der Waals surface area contributed by atoms with Gasteiger partial charge in [0.1, 0.15) is 5.82 Å². The second kappa shape index (κ2) is 6.74. The molecule has 1 aliphatic heterocycles. The first-order valence-corrected chi connectivity index (χ1v) is 9.28. The maximum absolute atomic E-state index is 6.25. The Balaban J connectivity index is 1.93. The lowest BCUT2D eigenvalue weighted by Crippen LogP contribution is -2.08. The van der Waals surface area contributed by atoms with Gasteiger partial charge >= 0.3 is 0 Å². The van der Waals surface area contributed by atoms with Crippen molar-refractivity contribution in [2.45, 2.75) is 26.2 Å². The number of hydrogen-bond donors (Lipinski definition) is 1. The zero-order chi connectivity index (χ0) is 17.4. The molecule has 25 heavy (non-hydrogen) atoms. The highest BCUT2D eigenvalue weighted by molar-refractivity contribution is 6.42. The smallest absolute Gasteiger partial charge is 0.133 e. The number of benzene rings is 2. The Kier molecular flexibility index (Phi) is 4.45. The monoisotopic (exact) mass is 371 g/mol. The van der Waals surface area contributed by atoms with Gasteiger partial charge in [-0.05, 0) is 49.9 Å². The molecule has 3 aromatic rings. The number of nitrogens with one attached hydrogen (secondary N) is 1. The molecule has 0 saturated heterocycles. The Hall–Kier alpha value is -1.97. The summed E-state index contributed by atoms with van der Waals surface area (Å²) in [5, 5.41) is 9.65. The van der Waals surface area contributed by atoms with E-state index < -0.39 is 0 Å². The largest absolute Gasteiger partial charge is 0.370 e. The van der Waals surface area contributed by atoms with Crippen LogP contribution >= 0.6 is 23.2 Å². The van der Waals surface area contributed by atoms with Gasteiger partial charge in [-0.15, -0.1) is 0 Å². The van der Waals surface area contributed by atoms with Crippen molar-refractivity contribution in [2.24, 2.45) is 0 Å². The van der Waals surface area contributed by atoms with Crippen LogP contribution in [0.2, 0.25) is 10.0 Å². The van der Waals surface area contributed by atoms with Gasteiger partial charge in [-0.3, -0.25) is 0 Å². The number of anilines is 1. The van der Waals surface area contributed by atoms with Crippen LogP contribution in [0.15, 0.2) is 42.5 Å². The van der Waals surface area contributed by atoms with E-state index in [1.807, 2.05) is 35.0 Å². The zero-order valence-electron chi connectivity index (χ0n) is 14.0. The summed E-state index contributed by atoms with van der Waals surface area (Å²) in [4.78, 5) is 0. The van der Waals surface area contributed by atoms with Gasteiger partial charge in [0.05, 0.1) is 21.4 Å². The van der Waals surface area contributed by atoms with Crippen LogP contribution in [0.5, 0.6) is 0 Å². The Morgan fingerprint density at radius 1 is 1.04 bits per heavy atom. The standard InChI is InChI=1S/C20H19Cl2N3/c1-13-6-2-3-8-18(13)25-20-15(7-4-5-11-23-20)19(24-25)14-9-10-16(21)17(22)12-14/h2-3,6,8-10,12,23H,4-5,7,11H2,1H3. The van der Waals surface area contributed by atoms with E-state index in [9.17, 15) is 0 Å².